The summed E-state index contributed by atoms with van der Waals surface area (Å²) in [6, 6.07) is 9.56. The van der Waals surface area contributed by atoms with Gasteiger partial charge in [0.2, 0.25) is 5.91 Å². The average Bonchev–Trinajstić information content (AvgIpc) is 3.24. The quantitative estimate of drug-likeness (QED) is 0.795. The van der Waals surface area contributed by atoms with Crippen LogP contribution in [0.1, 0.15) is 42.2 Å². The number of hydrogen-bond acceptors (Lipinski definition) is 5. The average molecular weight is 359 g/mol. The van der Waals surface area contributed by atoms with Crippen LogP contribution >= 0.6 is 11.3 Å². The lowest BCUT2D eigenvalue weighted by atomic mass is 10.0. The van der Waals surface area contributed by atoms with E-state index in [-0.39, 0.29) is 37.0 Å². The van der Waals surface area contributed by atoms with E-state index in [1.807, 2.05) is 17.5 Å². The molecule has 130 valence electrons. The summed E-state index contributed by atoms with van der Waals surface area (Å²) in [4.78, 5) is 24.0. The van der Waals surface area contributed by atoms with Crippen molar-refractivity contribution in [3.63, 3.8) is 0 Å². The van der Waals surface area contributed by atoms with Crippen LogP contribution in [-0.2, 0) is 9.59 Å². The van der Waals surface area contributed by atoms with Crippen molar-refractivity contribution >= 4 is 28.9 Å². The Hall–Kier alpha value is -2.54. The predicted octanol–water partition coefficient (Wildman–Crippen LogP) is 2.49. The fourth-order valence-electron chi connectivity index (χ4n) is 2.77. The van der Waals surface area contributed by atoms with Crippen molar-refractivity contribution in [2.24, 2.45) is 5.10 Å². The normalized spacial score (nSPS) is 16.8. The van der Waals surface area contributed by atoms with E-state index in [1.54, 1.807) is 23.5 Å². The lowest BCUT2D eigenvalue weighted by molar-refractivity contribution is -0.305. The number of thiophene rings is 1. The van der Waals surface area contributed by atoms with E-state index < -0.39 is 5.97 Å². The Bertz CT molecular complexity index is 787. The molecular formula is C18H16FN2O3S-. The number of rotatable bonds is 6. The number of hydrazone groups is 1. The maximum Gasteiger partial charge on any atom is 0.243 e. The summed E-state index contributed by atoms with van der Waals surface area (Å²) >= 11 is 1.54. The molecule has 1 aliphatic heterocycles. The van der Waals surface area contributed by atoms with Gasteiger partial charge in [-0.1, -0.05) is 18.2 Å². The zero-order valence-corrected chi connectivity index (χ0v) is 14.2. The number of carbonyl (C=O) groups excluding carboxylic acids is 2. The van der Waals surface area contributed by atoms with E-state index >= 15 is 0 Å². The van der Waals surface area contributed by atoms with Gasteiger partial charge < -0.3 is 9.90 Å². The van der Waals surface area contributed by atoms with Gasteiger partial charge in [-0.2, -0.15) is 5.10 Å². The Morgan fingerprint density at radius 3 is 2.64 bits per heavy atom. The van der Waals surface area contributed by atoms with E-state index in [4.69, 9.17) is 0 Å². The number of carboxylic acid groups (broad SMARTS) is 1. The molecule has 0 N–H and O–H groups in total. The van der Waals surface area contributed by atoms with Crippen LogP contribution in [0.15, 0.2) is 46.9 Å². The fraction of sp³-hybridized carbons (Fsp3) is 0.278. The Morgan fingerprint density at radius 1 is 1.24 bits per heavy atom. The standard InChI is InChI=1S/C18H17FN2O3S/c19-13-8-6-12(7-9-13)15-11-14(16-3-2-10-25-16)20-21(15)17(22)4-1-5-18(23)24/h2-3,6-10,15H,1,4-5,11H2,(H,23,24)/p-1/t15-/m0/s1. The minimum Gasteiger partial charge on any atom is -0.550 e. The zero-order chi connectivity index (χ0) is 17.8. The van der Waals surface area contributed by atoms with Crippen LogP contribution in [0.25, 0.3) is 0 Å². The van der Waals surface area contributed by atoms with Crippen LogP contribution in [0, 0.1) is 5.82 Å². The van der Waals surface area contributed by atoms with Crippen molar-refractivity contribution < 1.29 is 19.1 Å². The Balaban J connectivity index is 1.81. The van der Waals surface area contributed by atoms with Gasteiger partial charge in [-0.25, -0.2) is 9.40 Å². The molecule has 0 fully saturated rings. The Kier molecular flexibility index (Phi) is 5.23. The number of carbonyl (C=O) groups is 2. The van der Waals surface area contributed by atoms with Crippen molar-refractivity contribution in [3.8, 4) is 0 Å². The van der Waals surface area contributed by atoms with Crippen molar-refractivity contribution in [3.05, 3.63) is 58.0 Å². The molecule has 0 bridgehead atoms. The minimum absolute atomic E-state index is 0.0763. The summed E-state index contributed by atoms with van der Waals surface area (Å²) in [6.45, 7) is 0. The number of amides is 1. The molecule has 0 spiro atoms. The van der Waals surface area contributed by atoms with Gasteiger partial charge in [0.25, 0.3) is 0 Å². The molecular weight excluding hydrogens is 343 g/mol. The summed E-state index contributed by atoms with van der Waals surface area (Å²) in [5.41, 5.74) is 1.60. The molecule has 0 radical (unpaired) electrons. The highest BCUT2D eigenvalue weighted by Gasteiger charge is 2.33. The molecule has 0 unspecified atom stereocenters. The summed E-state index contributed by atoms with van der Waals surface area (Å²) in [5.74, 6) is -1.76. The van der Waals surface area contributed by atoms with Crippen LogP contribution in [0.4, 0.5) is 4.39 Å². The monoisotopic (exact) mass is 359 g/mol. The van der Waals surface area contributed by atoms with Gasteiger partial charge in [0.1, 0.15) is 5.82 Å². The fourth-order valence-corrected chi connectivity index (χ4v) is 3.50. The van der Waals surface area contributed by atoms with Crippen LogP contribution in [0.2, 0.25) is 0 Å². The van der Waals surface area contributed by atoms with Gasteiger partial charge in [-0.05, 0) is 42.0 Å². The summed E-state index contributed by atoms with van der Waals surface area (Å²) in [7, 11) is 0. The molecule has 5 nitrogen and oxygen atoms in total. The van der Waals surface area contributed by atoms with Gasteiger partial charge >= 0.3 is 0 Å². The summed E-state index contributed by atoms with van der Waals surface area (Å²) < 4.78 is 13.2. The van der Waals surface area contributed by atoms with Gasteiger partial charge in [-0.3, -0.25) is 4.79 Å². The van der Waals surface area contributed by atoms with E-state index in [1.165, 1.54) is 17.1 Å². The number of carboxylic acids is 1. The maximum absolute atomic E-state index is 13.2. The highest BCUT2D eigenvalue weighted by Crippen LogP contribution is 2.34. The van der Waals surface area contributed by atoms with Crippen LogP contribution in [0.5, 0.6) is 0 Å². The first-order chi connectivity index (χ1) is 12.0. The van der Waals surface area contributed by atoms with Gasteiger partial charge in [0, 0.05) is 18.8 Å². The molecule has 1 aromatic heterocycles. The van der Waals surface area contributed by atoms with Gasteiger partial charge in [0.15, 0.2) is 0 Å². The first-order valence-corrected chi connectivity index (χ1v) is 8.81. The maximum atomic E-state index is 13.2. The molecule has 25 heavy (non-hydrogen) atoms. The topological polar surface area (TPSA) is 72.8 Å². The third-order valence-corrected chi connectivity index (χ3v) is 4.92. The minimum atomic E-state index is -1.17. The van der Waals surface area contributed by atoms with E-state index in [0.717, 1.165) is 16.2 Å². The zero-order valence-electron chi connectivity index (χ0n) is 13.4. The number of benzene rings is 1. The molecule has 2 heterocycles. The number of nitrogens with zero attached hydrogens (tertiary/aromatic N) is 2. The third kappa shape index (κ3) is 4.11. The largest absolute Gasteiger partial charge is 0.550 e. The predicted molar refractivity (Wildman–Crippen MR) is 90.3 cm³/mol. The lowest BCUT2D eigenvalue weighted by Crippen LogP contribution is -2.28. The van der Waals surface area contributed by atoms with Crippen molar-refractivity contribution in [2.45, 2.75) is 31.7 Å². The molecule has 0 saturated heterocycles. The first-order valence-electron chi connectivity index (χ1n) is 7.93. The van der Waals surface area contributed by atoms with E-state index in [2.05, 4.69) is 5.10 Å². The van der Waals surface area contributed by atoms with Crippen LogP contribution in [-0.4, -0.2) is 22.6 Å². The number of hydrogen-bond donors (Lipinski definition) is 0. The summed E-state index contributed by atoms with van der Waals surface area (Å²) in [6.07, 6.45) is 0.658. The first kappa shape index (κ1) is 17.3. The molecule has 0 aliphatic carbocycles. The van der Waals surface area contributed by atoms with E-state index in [9.17, 15) is 19.1 Å². The number of halogens is 1. The molecule has 1 aliphatic rings. The Morgan fingerprint density at radius 2 is 2.00 bits per heavy atom. The number of aliphatic carboxylic acids is 1. The van der Waals surface area contributed by atoms with Crippen molar-refractivity contribution in [2.75, 3.05) is 0 Å². The van der Waals surface area contributed by atoms with Crippen LogP contribution in [0.3, 0.4) is 0 Å². The Labute approximate surface area is 148 Å². The van der Waals surface area contributed by atoms with Crippen LogP contribution < -0.4 is 5.11 Å². The van der Waals surface area contributed by atoms with Gasteiger partial charge in [0.05, 0.1) is 16.6 Å². The second-order valence-electron chi connectivity index (χ2n) is 5.76. The van der Waals surface area contributed by atoms with E-state index in [0.29, 0.717) is 6.42 Å². The molecule has 1 atom stereocenters. The van der Waals surface area contributed by atoms with Gasteiger partial charge in [-0.15, -0.1) is 11.3 Å². The highest BCUT2D eigenvalue weighted by molar-refractivity contribution is 7.12. The molecule has 2 aromatic rings. The SMILES string of the molecule is O=C([O-])CCCC(=O)N1N=C(c2cccs2)C[C@H]1c1ccc(F)cc1. The molecule has 7 heteroatoms. The summed E-state index contributed by atoms with van der Waals surface area (Å²) in [5, 5.41) is 18.3. The molecule has 1 aromatic carbocycles. The second-order valence-corrected chi connectivity index (χ2v) is 6.71. The second kappa shape index (κ2) is 7.57. The third-order valence-electron chi connectivity index (χ3n) is 4.00. The lowest BCUT2D eigenvalue weighted by Gasteiger charge is -2.22. The molecule has 0 saturated carbocycles. The smallest absolute Gasteiger partial charge is 0.243 e. The molecule has 3 rings (SSSR count). The molecule has 1 amide bonds. The van der Waals surface area contributed by atoms with Crippen molar-refractivity contribution in [1.29, 1.82) is 0 Å². The van der Waals surface area contributed by atoms with Crippen molar-refractivity contribution in [1.82, 2.24) is 5.01 Å². The highest BCUT2D eigenvalue weighted by atomic mass is 32.1.